The molecule has 0 amide bonds. The third-order valence-electron chi connectivity index (χ3n) is 3.62. The third kappa shape index (κ3) is 5.01. The van der Waals surface area contributed by atoms with Gasteiger partial charge in [0.05, 0.1) is 5.95 Å². The van der Waals surface area contributed by atoms with Crippen molar-refractivity contribution in [1.29, 1.82) is 0 Å². The Morgan fingerprint density at radius 1 is 1.20 bits per heavy atom. The van der Waals surface area contributed by atoms with E-state index in [0.717, 1.165) is 5.71 Å². The van der Waals surface area contributed by atoms with Crippen molar-refractivity contribution >= 4 is 13.9 Å². The summed E-state index contributed by atoms with van der Waals surface area (Å²) in [5.74, 6) is -0.277. The average Bonchev–Trinajstić information content (AvgIpc) is 2.28. The van der Waals surface area contributed by atoms with Gasteiger partial charge in [-0.25, -0.2) is 0 Å². The SMILES string of the molecule is CCOC([O-])=C1C=CC(=N[Si](C)(C)C(C)(C)C)C=C1.[Li+]. The van der Waals surface area contributed by atoms with Crippen LogP contribution >= 0.6 is 0 Å². The standard InChI is InChI=1S/C15H25NO2Si.Li/c1-7-18-14(17)12-8-10-13(11-9-12)16-19(5,6)15(2,3)4;/h8-11,17H,7H2,1-6H3;/q;+1/p-1. The molecule has 0 saturated heterocycles. The van der Waals surface area contributed by atoms with Crippen LogP contribution in [-0.4, -0.2) is 20.6 Å². The Labute approximate surface area is 135 Å². The summed E-state index contributed by atoms with van der Waals surface area (Å²) in [6.45, 7) is 13.4. The van der Waals surface area contributed by atoms with Crippen molar-refractivity contribution in [3.63, 3.8) is 0 Å². The predicted molar refractivity (Wildman–Crippen MR) is 81.6 cm³/mol. The van der Waals surface area contributed by atoms with E-state index in [1.54, 1.807) is 19.1 Å². The van der Waals surface area contributed by atoms with E-state index in [-0.39, 0.29) is 29.8 Å². The number of hydrogen-bond acceptors (Lipinski definition) is 3. The van der Waals surface area contributed by atoms with E-state index >= 15 is 0 Å². The summed E-state index contributed by atoms with van der Waals surface area (Å²) in [7, 11) is -1.70. The smallest absolute Gasteiger partial charge is 0.613 e. The fraction of sp³-hybridized carbons (Fsp3) is 0.533. The third-order valence-corrected chi connectivity index (χ3v) is 8.11. The minimum Gasteiger partial charge on any atom is -0.613 e. The van der Waals surface area contributed by atoms with Crippen molar-refractivity contribution in [2.45, 2.75) is 45.8 Å². The summed E-state index contributed by atoms with van der Waals surface area (Å²) in [4.78, 5) is 0. The van der Waals surface area contributed by atoms with Gasteiger partial charge in [-0.05, 0) is 42.5 Å². The molecule has 0 fully saturated rings. The van der Waals surface area contributed by atoms with Gasteiger partial charge in [-0.3, -0.25) is 0 Å². The molecule has 0 aromatic heterocycles. The molecule has 0 N–H and O–H groups in total. The Bertz CT molecular complexity index is 439. The molecule has 0 aromatic carbocycles. The van der Waals surface area contributed by atoms with Gasteiger partial charge in [-0.15, -0.1) is 0 Å². The summed E-state index contributed by atoms with van der Waals surface area (Å²) in [5.41, 5.74) is 1.52. The molecular formula is C15H24LiNO2Si. The van der Waals surface area contributed by atoms with Crippen molar-refractivity contribution in [3.8, 4) is 0 Å². The van der Waals surface area contributed by atoms with Crippen LogP contribution in [0.2, 0.25) is 18.1 Å². The van der Waals surface area contributed by atoms with Crippen LogP contribution in [0.25, 0.3) is 0 Å². The molecule has 3 nitrogen and oxygen atoms in total. The minimum absolute atomic E-state index is 0. The molecule has 0 spiro atoms. The molecule has 0 aliphatic heterocycles. The number of ether oxygens (including phenoxy) is 1. The van der Waals surface area contributed by atoms with E-state index in [9.17, 15) is 5.11 Å². The van der Waals surface area contributed by atoms with Crippen LogP contribution in [0.5, 0.6) is 0 Å². The topological polar surface area (TPSA) is 44.6 Å². The first-order valence-electron chi connectivity index (χ1n) is 6.67. The fourth-order valence-corrected chi connectivity index (χ4v) is 2.51. The minimum atomic E-state index is -1.70. The predicted octanol–water partition coefficient (Wildman–Crippen LogP) is 0.171. The van der Waals surface area contributed by atoms with Gasteiger partial charge >= 0.3 is 18.9 Å². The van der Waals surface area contributed by atoms with Crippen LogP contribution in [0, 0.1) is 0 Å². The van der Waals surface area contributed by atoms with Crippen LogP contribution in [0.1, 0.15) is 27.7 Å². The van der Waals surface area contributed by atoms with E-state index in [4.69, 9.17) is 9.39 Å². The Balaban J connectivity index is 0.00000361. The van der Waals surface area contributed by atoms with Crippen molar-refractivity contribution in [2.24, 2.45) is 4.66 Å². The Morgan fingerprint density at radius 3 is 2.10 bits per heavy atom. The van der Waals surface area contributed by atoms with Crippen LogP contribution in [0.3, 0.4) is 0 Å². The second-order valence-electron chi connectivity index (χ2n) is 6.19. The van der Waals surface area contributed by atoms with Gasteiger partial charge in [0.25, 0.3) is 0 Å². The van der Waals surface area contributed by atoms with Gasteiger partial charge in [-0.2, -0.15) is 0 Å². The Morgan fingerprint density at radius 2 is 1.70 bits per heavy atom. The zero-order valence-electron chi connectivity index (χ0n) is 13.8. The first-order valence-corrected chi connectivity index (χ1v) is 9.62. The summed E-state index contributed by atoms with van der Waals surface area (Å²) < 4.78 is 9.86. The molecule has 0 unspecified atom stereocenters. The maximum absolute atomic E-state index is 11.6. The van der Waals surface area contributed by atoms with Crippen LogP contribution in [0.4, 0.5) is 0 Å². The first kappa shape index (κ1) is 19.3. The molecule has 1 rings (SSSR count). The molecule has 20 heavy (non-hydrogen) atoms. The maximum Gasteiger partial charge on any atom is 1.00 e. The molecule has 0 saturated carbocycles. The maximum atomic E-state index is 11.6. The normalized spacial score (nSPS) is 14.9. The number of allylic oxidation sites excluding steroid dienone is 5. The van der Waals surface area contributed by atoms with E-state index < -0.39 is 8.24 Å². The van der Waals surface area contributed by atoms with E-state index in [0.29, 0.717) is 12.2 Å². The second kappa shape index (κ2) is 7.35. The van der Waals surface area contributed by atoms with Crippen molar-refractivity contribution < 1.29 is 28.7 Å². The van der Waals surface area contributed by atoms with Crippen molar-refractivity contribution in [1.82, 2.24) is 0 Å². The summed E-state index contributed by atoms with van der Waals surface area (Å²) in [5, 5.41) is 11.8. The summed E-state index contributed by atoms with van der Waals surface area (Å²) in [6, 6.07) is 0. The summed E-state index contributed by atoms with van der Waals surface area (Å²) >= 11 is 0. The Kier molecular flexibility index (Phi) is 7.10. The second-order valence-corrected chi connectivity index (χ2v) is 11.0. The molecule has 106 valence electrons. The van der Waals surface area contributed by atoms with Crippen LogP contribution in [-0.2, 0) is 4.74 Å². The zero-order valence-corrected chi connectivity index (χ0v) is 14.8. The van der Waals surface area contributed by atoms with Gasteiger partial charge < -0.3 is 14.5 Å². The molecule has 1 aliphatic carbocycles. The molecule has 1 aliphatic rings. The average molecular weight is 285 g/mol. The molecule has 0 bridgehead atoms. The number of nitrogens with zero attached hydrogens (tertiary/aromatic N) is 1. The zero-order chi connectivity index (χ0) is 14.7. The van der Waals surface area contributed by atoms with Crippen molar-refractivity contribution in [2.75, 3.05) is 6.61 Å². The van der Waals surface area contributed by atoms with Crippen LogP contribution < -0.4 is 24.0 Å². The van der Waals surface area contributed by atoms with Gasteiger partial charge in [0.2, 0.25) is 0 Å². The molecule has 0 atom stereocenters. The van der Waals surface area contributed by atoms with E-state index in [1.165, 1.54) is 0 Å². The number of rotatable bonds is 3. The molecule has 0 radical (unpaired) electrons. The first-order chi connectivity index (χ1) is 8.67. The van der Waals surface area contributed by atoms with E-state index in [1.807, 2.05) is 12.2 Å². The molecular weight excluding hydrogens is 261 g/mol. The van der Waals surface area contributed by atoms with Crippen molar-refractivity contribution in [3.05, 3.63) is 35.8 Å². The molecule has 5 heteroatoms. The monoisotopic (exact) mass is 285 g/mol. The fourth-order valence-electron chi connectivity index (χ4n) is 1.38. The van der Waals surface area contributed by atoms with E-state index in [2.05, 4.69) is 33.9 Å². The Hall–Kier alpha value is -0.696. The van der Waals surface area contributed by atoms with Gasteiger partial charge in [0.1, 0.15) is 0 Å². The van der Waals surface area contributed by atoms with Crippen LogP contribution in [0.15, 0.2) is 40.5 Å². The largest absolute Gasteiger partial charge is 1.00 e. The molecule has 0 heterocycles. The van der Waals surface area contributed by atoms with Gasteiger partial charge in [0.15, 0.2) is 8.24 Å². The van der Waals surface area contributed by atoms with Gasteiger partial charge in [0, 0.05) is 5.71 Å². The summed E-state index contributed by atoms with van der Waals surface area (Å²) in [6.07, 6.45) is 7.35. The number of hydrogen-bond donors (Lipinski definition) is 0. The van der Waals surface area contributed by atoms with Gasteiger partial charge in [-0.1, -0.05) is 39.8 Å². The quantitative estimate of drug-likeness (QED) is 0.548. The molecule has 0 aromatic rings.